The van der Waals surface area contributed by atoms with Gasteiger partial charge < -0.3 is 18.0 Å². The Morgan fingerprint density at radius 1 is 1.06 bits per heavy atom. The highest BCUT2D eigenvalue weighted by Crippen LogP contribution is 2.16. The summed E-state index contributed by atoms with van der Waals surface area (Å²) >= 11 is 0. The first-order valence-corrected chi connectivity index (χ1v) is 7.73. The van der Waals surface area contributed by atoms with Gasteiger partial charge in [-0.3, -0.25) is 0 Å². The van der Waals surface area contributed by atoms with Crippen LogP contribution < -0.4 is 0 Å². The van der Waals surface area contributed by atoms with Crippen LogP contribution in [0.5, 0.6) is 0 Å². The van der Waals surface area contributed by atoms with Crippen molar-refractivity contribution < 1.29 is 22.8 Å². The highest BCUT2D eigenvalue weighted by atomic mass is 28.4. The second-order valence-corrected chi connectivity index (χ2v) is 5.75. The van der Waals surface area contributed by atoms with Crippen LogP contribution in [0.3, 0.4) is 0 Å². The fourth-order valence-electron chi connectivity index (χ4n) is 1.33. The first kappa shape index (κ1) is 16.3. The Balaban J connectivity index is 4.53. The zero-order chi connectivity index (χ0) is 13.1. The summed E-state index contributed by atoms with van der Waals surface area (Å²) in [7, 11) is -1.33. The second kappa shape index (κ2) is 9.35. The fraction of sp³-hybridized carbons (Fsp3) is 0.727. The Morgan fingerprint density at radius 3 is 1.88 bits per heavy atom. The Hall–Kier alpha value is -0.693. The fourth-order valence-corrected chi connectivity index (χ4v) is 3.66. The van der Waals surface area contributed by atoms with Crippen LogP contribution in [0.4, 0.5) is 0 Å². The maximum atomic E-state index is 11.0. The van der Waals surface area contributed by atoms with Gasteiger partial charge in [0.05, 0.1) is 7.11 Å². The van der Waals surface area contributed by atoms with Gasteiger partial charge in [0, 0.05) is 31.9 Å². The van der Waals surface area contributed by atoms with Gasteiger partial charge in [0.2, 0.25) is 0 Å². The zero-order valence-corrected chi connectivity index (χ0v) is 12.0. The van der Waals surface area contributed by atoms with Gasteiger partial charge in [-0.15, -0.1) is 0 Å². The molecule has 0 bridgehead atoms. The lowest BCUT2D eigenvalue weighted by atomic mass is 10.5. The van der Waals surface area contributed by atoms with E-state index in [9.17, 15) is 4.79 Å². The minimum absolute atomic E-state index is 0.391. The third kappa shape index (κ3) is 6.57. The number of methoxy groups -OCH3 is 1. The Morgan fingerprint density at radius 2 is 1.53 bits per heavy atom. The van der Waals surface area contributed by atoms with Crippen LogP contribution in [0.25, 0.3) is 0 Å². The van der Waals surface area contributed by atoms with Crippen molar-refractivity contribution in [2.24, 2.45) is 0 Å². The standard InChI is InChI=1S/C11H22O5Si/c1-5-14-17(15-6-2,16-7-3)10-8-9-11(12)13-4/h8-9H,5-7,10H2,1-4H3. The lowest BCUT2D eigenvalue weighted by molar-refractivity contribution is -0.134. The van der Waals surface area contributed by atoms with E-state index in [4.69, 9.17) is 13.3 Å². The average molecular weight is 262 g/mol. The molecule has 0 N–H and O–H groups in total. The van der Waals surface area contributed by atoms with Crippen LogP contribution in [0, 0.1) is 0 Å². The normalized spacial score (nSPS) is 12.0. The smallest absolute Gasteiger partial charge is 0.466 e. The maximum absolute atomic E-state index is 11.0. The second-order valence-electron chi connectivity index (χ2n) is 3.11. The molecule has 0 radical (unpaired) electrons. The van der Waals surface area contributed by atoms with E-state index in [-0.39, 0.29) is 0 Å². The van der Waals surface area contributed by atoms with Crippen molar-refractivity contribution in [3.63, 3.8) is 0 Å². The minimum atomic E-state index is -2.67. The molecule has 17 heavy (non-hydrogen) atoms. The zero-order valence-electron chi connectivity index (χ0n) is 11.0. The van der Waals surface area contributed by atoms with Crippen LogP contribution in [0.15, 0.2) is 12.2 Å². The summed E-state index contributed by atoms with van der Waals surface area (Å²) in [5.74, 6) is -0.391. The van der Waals surface area contributed by atoms with Gasteiger partial charge in [0.15, 0.2) is 0 Å². The summed E-state index contributed by atoms with van der Waals surface area (Å²) in [5, 5.41) is 0. The maximum Gasteiger partial charge on any atom is 0.504 e. The molecule has 0 aliphatic carbocycles. The largest absolute Gasteiger partial charge is 0.504 e. The van der Waals surface area contributed by atoms with Crippen LogP contribution in [0.2, 0.25) is 6.04 Å². The van der Waals surface area contributed by atoms with E-state index in [0.717, 1.165) is 0 Å². The van der Waals surface area contributed by atoms with Crippen molar-refractivity contribution in [2.75, 3.05) is 26.9 Å². The van der Waals surface area contributed by atoms with Crippen molar-refractivity contribution in [2.45, 2.75) is 26.8 Å². The van der Waals surface area contributed by atoms with Gasteiger partial charge >= 0.3 is 14.8 Å². The van der Waals surface area contributed by atoms with Crippen LogP contribution in [-0.4, -0.2) is 41.7 Å². The quantitative estimate of drug-likeness (QED) is 0.360. The Bertz CT molecular complexity index is 225. The summed E-state index contributed by atoms with van der Waals surface area (Å²) < 4.78 is 21.4. The first-order valence-electron chi connectivity index (χ1n) is 5.80. The average Bonchev–Trinajstić information content (AvgIpc) is 2.30. The molecule has 6 heteroatoms. The molecule has 5 nitrogen and oxygen atoms in total. The van der Waals surface area contributed by atoms with Gasteiger partial charge in [0.1, 0.15) is 0 Å². The molecular formula is C11H22O5Si. The minimum Gasteiger partial charge on any atom is -0.466 e. The summed E-state index contributed by atoms with van der Waals surface area (Å²) in [6.45, 7) is 7.26. The molecule has 0 unspecified atom stereocenters. The van der Waals surface area contributed by atoms with Gasteiger partial charge in [-0.1, -0.05) is 6.08 Å². The van der Waals surface area contributed by atoms with E-state index in [2.05, 4.69) is 4.74 Å². The number of allylic oxidation sites excluding steroid dienone is 1. The summed E-state index contributed by atoms with van der Waals surface area (Å²) in [4.78, 5) is 11.0. The van der Waals surface area contributed by atoms with E-state index < -0.39 is 14.8 Å². The van der Waals surface area contributed by atoms with Crippen molar-refractivity contribution in [3.8, 4) is 0 Å². The predicted molar refractivity (Wildman–Crippen MR) is 66.6 cm³/mol. The molecule has 0 saturated carbocycles. The number of rotatable bonds is 9. The number of ether oxygens (including phenoxy) is 1. The molecule has 0 saturated heterocycles. The van der Waals surface area contributed by atoms with Crippen LogP contribution in [-0.2, 0) is 22.8 Å². The summed E-state index contributed by atoms with van der Waals surface area (Å²) in [6.07, 6.45) is 3.04. The van der Waals surface area contributed by atoms with Gasteiger partial charge in [-0.2, -0.15) is 0 Å². The Labute approximate surface area is 104 Å². The number of esters is 1. The third-order valence-corrected chi connectivity index (χ3v) is 4.84. The van der Waals surface area contributed by atoms with Crippen LogP contribution >= 0.6 is 0 Å². The van der Waals surface area contributed by atoms with Crippen LogP contribution in [0.1, 0.15) is 20.8 Å². The monoisotopic (exact) mass is 262 g/mol. The molecular weight excluding hydrogens is 240 g/mol. The van der Waals surface area contributed by atoms with Gasteiger partial charge in [0.25, 0.3) is 0 Å². The SMILES string of the molecule is CCO[Si](CC=CC(=O)OC)(OCC)OCC. The van der Waals surface area contributed by atoms with E-state index in [0.29, 0.717) is 25.9 Å². The molecule has 0 amide bonds. The lowest BCUT2D eigenvalue weighted by Crippen LogP contribution is -2.45. The van der Waals surface area contributed by atoms with Gasteiger partial charge in [-0.25, -0.2) is 4.79 Å². The van der Waals surface area contributed by atoms with Crippen molar-refractivity contribution in [1.29, 1.82) is 0 Å². The van der Waals surface area contributed by atoms with Crippen molar-refractivity contribution >= 4 is 14.8 Å². The van der Waals surface area contributed by atoms with E-state index in [1.54, 1.807) is 6.08 Å². The number of hydrogen-bond acceptors (Lipinski definition) is 5. The molecule has 0 aliphatic rings. The predicted octanol–water partition coefficient (Wildman–Crippen LogP) is 1.76. The molecule has 0 heterocycles. The van der Waals surface area contributed by atoms with E-state index in [1.165, 1.54) is 13.2 Å². The van der Waals surface area contributed by atoms with Crippen molar-refractivity contribution in [1.82, 2.24) is 0 Å². The van der Waals surface area contributed by atoms with E-state index in [1.807, 2.05) is 20.8 Å². The third-order valence-electron chi connectivity index (χ3n) is 1.92. The van der Waals surface area contributed by atoms with Gasteiger partial charge in [-0.05, 0) is 20.8 Å². The molecule has 0 aromatic carbocycles. The molecule has 0 aromatic heterocycles. The topological polar surface area (TPSA) is 54.0 Å². The molecule has 100 valence electrons. The number of carbonyl (C=O) groups is 1. The molecule has 0 spiro atoms. The molecule has 0 atom stereocenters. The number of hydrogen-bond donors (Lipinski definition) is 0. The molecule has 0 aromatic rings. The molecule has 0 aliphatic heterocycles. The highest BCUT2D eigenvalue weighted by molar-refractivity contribution is 6.61. The molecule has 0 fully saturated rings. The lowest BCUT2D eigenvalue weighted by Gasteiger charge is -2.27. The number of carbonyl (C=O) groups excluding carboxylic acids is 1. The molecule has 0 rings (SSSR count). The highest BCUT2D eigenvalue weighted by Gasteiger charge is 2.38. The first-order chi connectivity index (χ1) is 8.14. The summed E-state index contributed by atoms with van der Waals surface area (Å²) in [5.41, 5.74) is 0. The Kier molecular flexibility index (Phi) is 8.97. The van der Waals surface area contributed by atoms with Crippen molar-refractivity contribution in [3.05, 3.63) is 12.2 Å². The summed E-state index contributed by atoms with van der Waals surface area (Å²) in [6, 6.07) is 0.470. The van der Waals surface area contributed by atoms with E-state index >= 15 is 0 Å².